The van der Waals surface area contributed by atoms with E-state index in [1.807, 2.05) is 11.3 Å². The predicted octanol–water partition coefficient (Wildman–Crippen LogP) is 3.85. The second-order valence-corrected chi connectivity index (χ2v) is 5.89. The first-order chi connectivity index (χ1) is 7.29. The first-order valence-electron chi connectivity index (χ1n) is 5.64. The van der Waals surface area contributed by atoms with Gasteiger partial charge in [0, 0.05) is 16.7 Å². The normalized spacial score (nSPS) is 13.0. The first-order valence-corrected chi connectivity index (χ1v) is 7.68. The molecule has 1 atom stereocenters. The quantitative estimate of drug-likeness (QED) is 0.730. The Bertz CT molecular complexity index is 270. The van der Waals surface area contributed by atoms with Crippen molar-refractivity contribution < 1.29 is 0 Å². The van der Waals surface area contributed by atoms with Crippen LogP contribution in [-0.2, 0) is 0 Å². The fraction of sp³-hybridized carbons (Fsp3) is 0.667. The van der Waals surface area contributed by atoms with E-state index in [0.717, 1.165) is 6.54 Å². The average Bonchev–Trinajstić information content (AvgIpc) is 2.64. The zero-order chi connectivity index (χ0) is 11.1. The molecule has 86 valence electrons. The monoisotopic (exact) mass is 243 g/mol. The van der Waals surface area contributed by atoms with E-state index in [1.165, 1.54) is 28.4 Å². The van der Waals surface area contributed by atoms with Gasteiger partial charge in [-0.2, -0.15) is 11.8 Å². The molecular weight excluding hydrogens is 222 g/mol. The Hall–Kier alpha value is 0.01000. The lowest BCUT2D eigenvalue weighted by molar-refractivity contribution is 0.605. The average molecular weight is 243 g/mol. The van der Waals surface area contributed by atoms with Crippen molar-refractivity contribution >= 4 is 23.1 Å². The van der Waals surface area contributed by atoms with Crippen molar-refractivity contribution in [2.75, 3.05) is 18.1 Å². The van der Waals surface area contributed by atoms with Gasteiger partial charge in [-0.05, 0) is 42.7 Å². The molecule has 1 unspecified atom stereocenters. The second kappa shape index (κ2) is 7.31. The van der Waals surface area contributed by atoms with Crippen molar-refractivity contribution in [2.45, 2.75) is 33.2 Å². The molecule has 1 aromatic heterocycles. The van der Waals surface area contributed by atoms with Crippen LogP contribution in [0.15, 0.2) is 11.4 Å². The highest BCUT2D eigenvalue weighted by molar-refractivity contribution is 7.99. The van der Waals surface area contributed by atoms with Crippen molar-refractivity contribution in [1.29, 1.82) is 0 Å². The lowest BCUT2D eigenvalue weighted by atomic mass is 10.1. The molecule has 0 aliphatic rings. The van der Waals surface area contributed by atoms with E-state index in [4.69, 9.17) is 0 Å². The molecule has 0 radical (unpaired) electrons. The zero-order valence-electron chi connectivity index (χ0n) is 9.88. The minimum atomic E-state index is 0.540. The highest BCUT2D eigenvalue weighted by Gasteiger charge is 2.12. The third-order valence-corrected chi connectivity index (χ3v) is 4.49. The highest BCUT2D eigenvalue weighted by Crippen LogP contribution is 2.25. The lowest BCUT2D eigenvalue weighted by Gasteiger charge is -2.17. The van der Waals surface area contributed by atoms with Crippen molar-refractivity contribution in [3.8, 4) is 0 Å². The van der Waals surface area contributed by atoms with Crippen LogP contribution >= 0.6 is 23.1 Å². The number of thiophene rings is 1. The van der Waals surface area contributed by atoms with Gasteiger partial charge in [-0.3, -0.25) is 0 Å². The van der Waals surface area contributed by atoms with E-state index in [0.29, 0.717) is 6.04 Å². The van der Waals surface area contributed by atoms with Crippen LogP contribution in [0.1, 0.15) is 36.8 Å². The molecule has 0 saturated carbocycles. The standard InChI is InChI=1S/C12H21NS2/c1-4-7-14-9-12(13-5-2)11-6-8-15-10(11)3/h6,8,12-13H,4-5,7,9H2,1-3H3. The third-order valence-electron chi connectivity index (χ3n) is 2.36. The molecule has 0 fully saturated rings. The van der Waals surface area contributed by atoms with Gasteiger partial charge >= 0.3 is 0 Å². The van der Waals surface area contributed by atoms with Gasteiger partial charge in [0.15, 0.2) is 0 Å². The summed E-state index contributed by atoms with van der Waals surface area (Å²) in [6.07, 6.45) is 1.27. The Morgan fingerprint density at radius 2 is 2.27 bits per heavy atom. The fourth-order valence-corrected chi connectivity index (χ4v) is 3.36. The minimum absolute atomic E-state index is 0.540. The van der Waals surface area contributed by atoms with E-state index in [1.54, 1.807) is 0 Å². The molecule has 0 aliphatic carbocycles. The molecule has 1 rings (SSSR count). The molecule has 0 amide bonds. The summed E-state index contributed by atoms with van der Waals surface area (Å²) < 4.78 is 0. The van der Waals surface area contributed by atoms with Crippen molar-refractivity contribution in [3.05, 3.63) is 21.9 Å². The van der Waals surface area contributed by atoms with Crippen LogP contribution in [0.3, 0.4) is 0 Å². The Labute approximate surface area is 102 Å². The number of thioether (sulfide) groups is 1. The number of hydrogen-bond donors (Lipinski definition) is 1. The Kier molecular flexibility index (Phi) is 6.37. The molecule has 0 saturated heterocycles. The van der Waals surface area contributed by atoms with Crippen LogP contribution in [0.4, 0.5) is 0 Å². The van der Waals surface area contributed by atoms with Crippen LogP contribution in [-0.4, -0.2) is 18.1 Å². The summed E-state index contributed by atoms with van der Waals surface area (Å²) in [5.41, 5.74) is 1.49. The Balaban J connectivity index is 2.53. The summed E-state index contributed by atoms with van der Waals surface area (Å²) >= 11 is 3.90. The SMILES string of the molecule is CCCSCC(NCC)c1ccsc1C. The molecule has 0 bridgehead atoms. The molecule has 0 aromatic carbocycles. The number of hydrogen-bond acceptors (Lipinski definition) is 3. The molecule has 0 spiro atoms. The number of aryl methyl sites for hydroxylation is 1. The number of rotatable bonds is 7. The van der Waals surface area contributed by atoms with Crippen molar-refractivity contribution in [3.63, 3.8) is 0 Å². The maximum Gasteiger partial charge on any atom is 0.0422 e. The summed E-state index contributed by atoms with van der Waals surface area (Å²) in [4.78, 5) is 1.46. The third kappa shape index (κ3) is 4.17. The molecule has 1 aromatic rings. The zero-order valence-corrected chi connectivity index (χ0v) is 11.5. The van der Waals surface area contributed by atoms with Crippen LogP contribution in [0.5, 0.6) is 0 Å². The van der Waals surface area contributed by atoms with E-state index in [2.05, 4.69) is 49.3 Å². The first kappa shape index (κ1) is 13.1. The summed E-state index contributed by atoms with van der Waals surface area (Å²) in [5, 5.41) is 5.76. The smallest absolute Gasteiger partial charge is 0.0422 e. The summed E-state index contributed by atoms with van der Waals surface area (Å²) in [6.45, 7) is 7.69. The second-order valence-electron chi connectivity index (χ2n) is 3.62. The summed E-state index contributed by atoms with van der Waals surface area (Å²) in [5.74, 6) is 2.46. The maximum atomic E-state index is 3.57. The van der Waals surface area contributed by atoms with Gasteiger partial charge in [-0.1, -0.05) is 13.8 Å². The molecule has 1 nitrogen and oxygen atoms in total. The Morgan fingerprint density at radius 1 is 1.47 bits per heavy atom. The largest absolute Gasteiger partial charge is 0.309 e. The molecule has 1 N–H and O–H groups in total. The summed E-state index contributed by atoms with van der Waals surface area (Å²) in [6, 6.07) is 2.80. The van der Waals surface area contributed by atoms with Gasteiger partial charge in [0.2, 0.25) is 0 Å². The van der Waals surface area contributed by atoms with Gasteiger partial charge in [-0.25, -0.2) is 0 Å². The Morgan fingerprint density at radius 3 is 2.80 bits per heavy atom. The van der Waals surface area contributed by atoms with Gasteiger partial charge in [-0.15, -0.1) is 11.3 Å². The van der Waals surface area contributed by atoms with Gasteiger partial charge < -0.3 is 5.32 Å². The van der Waals surface area contributed by atoms with Gasteiger partial charge in [0.1, 0.15) is 0 Å². The van der Waals surface area contributed by atoms with Crippen LogP contribution in [0.25, 0.3) is 0 Å². The van der Waals surface area contributed by atoms with Crippen molar-refractivity contribution in [2.24, 2.45) is 0 Å². The fourth-order valence-electron chi connectivity index (χ4n) is 1.61. The van der Waals surface area contributed by atoms with E-state index in [9.17, 15) is 0 Å². The molecule has 1 heterocycles. The minimum Gasteiger partial charge on any atom is -0.309 e. The molecular formula is C12H21NS2. The van der Waals surface area contributed by atoms with Crippen LogP contribution in [0.2, 0.25) is 0 Å². The highest BCUT2D eigenvalue weighted by atomic mass is 32.2. The van der Waals surface area contributed by atoms with Gasteiger partial charge in [0.25, 0.3) is 0 Å². The van der Waals surface area contributed by atoms with Crippen LogP contribution < -0.4 is 5.32 Å². The maximum absolute atomic E-state index is 3.57. The molecule has 3 heteroatoms. The van der Waals surface area contributed by atoms with E-state index in [-0.39, 0.29) is 0 Å². The van der Waals surface area contributed by atoms with Crippen LogP contribution in [0, 0.1) is 6.92 Å². The van der Waals surface area contributed by atoms with E-state index < -0.39 is 0 Å². The van der Waals surface area contributed by atoms with Crippen molar-refractivity contribution in [1.82, 2.24) is 5.32 Å². The molecule has 0 aliphatic heterocycles. The summed E-state index contributed by atoms with van der Waals surface area (Å²) in [7, 11) is 0. The lowest BCUT2D eigenvalue weighted by Crippen LogP contribution is -2.23. The predicted molar refractivity (Wildman–Crippen MR) is 73.1 cm³/mol. The molecule has 15 heavy (non-hydrogen) atoms. The number of nitrogens with one attached hydrogen (secondary N) is 1. The van der Waals surface area contributed by atoms with E-state index >= 15 is 0 Å². The van der Waals surface area contributed by atoms with Gasteiger partial charge in [0.05, 0.1) is 0 Å². The topological polar surface area (TPSA) is 12.0 Å².